The van der Waals surface area contributed by atoms with Gasteiger partial charge in [-0.2, -0.15) is 0 Å². The number of urea groups is 1. The molecule has 0 spiro atoms. The van der Waals surface area contributed by atoms with Crippen molar-refractivity contribution >= 4 is 41.4 Å². The first-order valence-corrected chi connectivity index (χ1v) is 18.4. The Hall–Kier alpha value is -5.42. The molecule has 1 unspecified atom stereocenters. The Morgan fingerprint density at radius 2 is 1.65 bits per heavy atom. The standard InChI is InChI=1S/C42H45ClN4O7/c1-42(2,3)54-41(51)46(25-28-12-18-34(52-4)19-13-28)36-24-30(20-21-44-36)23-35-37(39(49)53-27-29-9-6-5-7-10-29)47(38(35)48)40(50)45-22-8-11-32(26-45)31-14-16-33(43)17-15-31/h5-7,9-10,12-21,24,32,35,37H,8,11,22-23,25-27H2,1-4H3/t32?,35-,37+/m1/s1. The molecular weight excluding hydrogens is 708 g/mol. The second-order valence-electron chi connectivity index (χ2n) is 14.6. The van der Waals surface area contributed by atoms with Crippen LogP contribution in [-0.4, -0.2) is 70.6 Å². The Kier molecular flexibility index (Phi) is 11.9. The number of esters is 1. The van der Waals surface area contributed by atoms with E-state index in [0.29, 0.717) is 35.2 Å². The van der Waals surface area contributed by atoms with Gasteiger partial charge in [0, 0.05) is 30.2 Å². The second kappa shape index (κ2) is 16.7. The summed E-state index contributed by atoms with van der Waals surface area (Å²) in [6, 6.07) is 25.9. The lowest BCUT2D eigenvalue weighted by molar-refractivity contribution is -0.171. The number of β-lactam (4-membered cyclic amide) rings is 1. The van der Waals surface area contributed by atoms with Crippen molar-refractivity contribution in [2.24, 2.45) is 5.92 Å². The number of carbonyl (C=O) groups excluding carboxylic acids is 4. The first-order valence-electron chi connectivity index (χ1n) is 18.1. The number of carbonyl (C=O) groups is 4. The largest absolute Gasteiger partial charge is 0.497 e. The van der Waals surface area contributed by atoms with Crippen LogP contribution in [0.1, 0.15) is 61.8 Å². The lowest BCUT2D eigenvalue weighted by Gasteiger charge is -2.46. The number of piperidine rings is 1. The minimum atomic E-state index is -1.14. The highest BCUT2D eigenvalue weighted by atomic mass is 35.5. The monoisotopic (exact) mass is 752 g/mol. The smallest absolute Gasteiger partial charge is 0.416 e. The Labute approximate surface area is 320 Å². The molecule has 2 aliphatic rings. The Balaban J connectivity index is 1.24. The van der Waals surface area contributed by atoms with Gasteiger partial charge in [0.15, 0.2) is 6.04 Å². The average Bonchev–Trinajstić information content (AvgIpc) is 3.17. The van der Waals surface area contributed by atoms with E-state index in [1.165, 1.54) is 4.90 Å². The molecule has 4 aromatic rings. The van der Waals surface area contributed by atoms with E-state index in [2.05, 4.69) is 4.98 Å². The van der Waals surface area contributed by atoms with Crippen LogP contribution in [0.15, 0.2) is 97.2 Å². The minimum absolute atomic E-state index is 0.00289. The topological polar surface area (TPSA) is 119 Å². The summed E-state index contributed by atoms with van der Waals surface area (Å²) in [5.41, 5.74) is 2.54. The van der Waals surface area contributed by atoms with Crippen LogP contribution in [0.4, 0.5) is 15.4 Å². The number of nitrogens with zero attached hydrogens (tertiary/aromatic N) is 4. The zero-order chi connectivity index (χ0) is 38.4. The van der Waals surface area contributed by atoms with Gasteiger partial charge in [0.1, 0.15) is 23.8 Å². The van der Waals surface area contributed by atoms with Gasteiger partial charge in [0.25, 0.3) is 0 Å². The van der Waals surface area contributed by atoms with Crippen LogP contribution in [-0.2, 0) is 38.6 Å². The molecule has 12 heteroatoms. The van der Waals surface area contributed by atoms with E-state index in [4.69, 9.17) is 25.8 Å². The highest BCUT2D eigenvalue weighted by molar-refractivity contribution is 6.30. The maximum atomic E-state index is 14.1. The first kappa shape index (κ1) is 38.3. The van der Waals surface area contributed by atoms with Gasteiger partial charge in [0.05, 0.1) is 19.6 Å². The Bertz CT molecular complexity index is 1950. The zero-order valence-electron chi connectivity index (χ0n) is 30.9. The third-order valence-corrected chi connectivity index (χ3v) is 9.83. The summed E-state index contributed by atoms with van der Waals surface area (Å²) in [4.78, 5) is 64.0. The Morgan fingerprint density at radius 1 is 0.926 bits per heavy atom. The van der Waals surface area contributed by atoms with Gasteiger partial charge in [-0.05, 0) is 98.7 Å². The van der Waals surface area contributed by atoms with Gasteiger partial charge < -0.3 is 19.1 Å². The van der Waals surface area contributed by atoms with Gasteiger partial charge in [-0.3, -0.25) is 9.69 Å². The summed E-state index contributed by atoms with van der Waals surface area (Å²) in [6.45, 7) is 6.38. The van der Waals surface area contributed by atoms with Crippen LogP contribution < -0.4 is 9.64 Å². The maximum Gasteiger partial charge on any atom is 0.416 e. The fourth-order valence-corrected chi connectivity index (χ4v) is 6.94. The maximum absolute atomic E-state index is 14.1. The lowest BCUT2D eigenvalue weighted by atomic mass is 9.82. The van der Waals surface area contributed by atoms with Gasteiger partial charge in [0.2, 0.25) is 5.91 Å². The molecular formula is C42H45ClN4O7. The number of pyridine rings is 1. The number of ether oxygens (including phenoxy) is 3. The number of imide groups is 1. The molecule has 3 atom stereocenters. The second-order valence-corrected chi connectivity index (χ2v) is 15.0. The molecule has 2 saturated heterocycles. The summed E-state index contributed by atoms with van der Waals surface area (Å²) in [7, 11) is 1.58. The summed E-state index contributed by atoms with van der Waals surface area (Å²) < 4.78 is 16.8. The van der Waals surface area contributed by atoms with Crippen LogP contribution >= 0.6 is 11.6 Å². The van der Waals surface area contributed by atoms with E-state index in [1.54, 1.807) is 63.2 Å². The van der Waals surface area contributed by atoms with Crippen molar-refractivity contribution in [3.8, 4) is 5.75 Å². The number of hydrogen-bond acceptors (Lipinski definition) is 8. The third-order valence-electron chi connectivity index (χ3n) is 9.57. The van der Waals surface area contributed by atoms with Crippen molar-refractivity contribution in [2.75, 3.05) is 25.1 Å². The SMILES string of the molecule is COc1ccc(CN(C(=O)OC(C)(C)C)c2cc(C[C@H]3C(=O)N(C(=O)N4CCCC(c5ccc(Cl)cc5)C4)[C@@H]3C(=O)OCc3ccccc3)ccn2)cc1. The van der Waals surface area contributed by atoms with E-state index >= 15 is 0 Å². The predicted molar refractivity (Wildman–Crippen MR) is 204 cm³/mol. The fourth-order valence-electron chi connectivity index (χ4n) is 6.81. The summed E-state index contributed by atoms with van der Waals surface area (Å²) in [6.07, 6.45) is 2.70. The van der Waals surface area contributed by atoms with Gasteiger partial charge in [-0.15, -0.1) is 0 Å². The van der Waals surface area contributed by atoms with Crippen molar-refractivity contribution in [2.45, 2.75) is 70.7 Å². The molecule has 2 aliphatic heterocycles. The van der Waals surface area contributed by atoms with Crippen LogP contribution in [0, 0.1) is 5.92 Å². The molecule has 0 bridgehead atoms. The number of hydrogen-bond donors (Lipinski definition) is 0. The molecule has 0 aliphatic carbocycles. The normalized spacial score (nSPS) is 18.4. The van der Waals surface area contributed by atoms with Crippen molar-refractivity contribution < 1.29 is 33.4 Å². The zero-order valence-corrected chi connectivity index (χ0v) is 31.7. The molecule has 3 aromatic carbocycles. The fraction of sp³-hybridized carbons (Fsp3) is 0.357. The molecule has 0 saturated carbocycles. The third kappa shape index (κ3) is 9.20. The van der Waals surface area contributed by atoms with E-state index in [-0.39, 0.29) is 25.5 Å². The van der Waals surface area contributed by atoms with Crippen LogP contribution in [0.25, 0.3) is 0 Å². The summed E-state index contributed by atoms with van der Waals surface area (Å²) >= 11 is 6.12. The van der Waals surface area contributed by atoms with E-state index in [9.17, 15) is 19.2 Å². The van der Waals surface area contributed by atoms with Crippen molar-refractivity contribution in [1.82, 2.24) is 14.8 Å². The molecule has 2 fully saturated rings. The molecule has 3 heterocycles. The summed E-state index contributed by atoms with van der Waals surface area (Å²) in [5.74, 6) is -0.943. The molecule has 282 valence electrons. The van der Waals surface area contributed by atoms with E-state index < -0.39 is 41.6 Å². The Morgan fingerprint density at radius 3 is 2.33 bits per heavy atom. The number of methoxy groups -OCH3 is 1. The molecule has 6 rings (SSSR count). The first-order chi connectivity index (χ1) is 25.9. The number of likely N-dealkylation sites (tertiary alicyclic amines) is 2. The molecule has 1 aromatic heterocycles. The number of aromatic nitrogens is 1. The van der Waals surface area contributed by atoms with Gasteiger partial charge in [-0.1, -0.05) is 66.2 Å². The lowest BCUT2D eigenvalue weighted by Crippen LogP contribution is -2.69. The predicted octanol–water partition coefficient (Wildman–Crippen LogP) is 7.80. The van der Waals surface area contributed by atoms with Gasteiger partial charge in [-0.25, -0.2) is 24.3 Å². The van der Waals surface area contributed by atoms with Gasteiger partial charge >= 0.3 is 18.1 Å². The number of halogens is 1. The van der Waals surface area contributed by atoms with Crippen LogP contribution in [0.5, 0.6) is 5.75 Å². The average molecular weight is 753 g/mol. The van der Waals surface area contributed by atoms with Crippen LogP contribution in [0.2, 0.25) is 5.02 Å². The number of benzene rings is 3. The minimum Gasteiger partial charge on any atom is -0.497 e. The van der Waals surface area contributed by atoms with Crippen LogP contribution in [0.3, 0.4) is 0 Å². The molecule has 54 heavy (non-hydrogen) atoms. The summed E-state index contributed by atoms with van der Waals surface area (Å²) in [5, 5.41) is 0.632. The molecule has 4 amide bonds. The van der Waals surface area contributed by atoms with E-state index in [0.717, 1.165) is 34.4 Å². The molecule has 0 radical (unpaired) electrons. The number of rotatable bonds is 10. The number of amides is 4. The molecule has 11 nitrogen and oxygen atoms in total. The number of anilines is 1. The van der Waals surface area contributed by atoms with Crippen molar-refractivity contribution in [1.29, 1.82) is 0 Å². The highest BCUT2D eigenvalue weighted by Gasteiger charge is 2.56. The highest BCUT2D eigenvalue weighted by Crippen LogP contribution is 2.35. The van der Waals surface area contributed by atoms with E-state index in [1.807, 2.05) is 66.7 Å². The molecule has 0 N–H and O–H groups in total. The van der Waals surface area contributed by atoms with Crippen molar-refractivity contribution in [3.05, 3.63) is 124 Å². The van der Waals surface area contributed by atoms with Crippen molar-refractivity contribution in [3.63, 3.8) is 0 Å². The quantitative estimate of drug-likeness (QED) is 0.119.